The largest absolute Gasteiger partial charge is 0.495 e. The van der Waals surface area contributed by atoms with Gasteiger partial charge in [0.2, 0.25) is 0 Å². The molecule has 1 N–H and O–H groups in total. The molecule has 0 unspecified atom stereocenters. The van der Waals surface area contributed by atoms with Crippen LogP contribution in [0.1, 0.15) is 32.3 Å². The maximum atomic E-state index is 12.5. The molecular weight excluding hydrogens is 336 g/mol. The molecule has 7 nitrogen and oxygen atoms in total. The van der Waals surface area contributed by atoms with Gasteiger partial charge in [0, 0.05) is 12.1 Å². The molecule has 0 aliphatic carbocycles. The van der Waals surface area contributed by atoms with Crippen molar-refractivity contribution in [2.45, 2.75) is 32.8 Å². The number of nitrogens with zero attached hydrogens (tertiary/aromatic N) is 1. The summed E-state index contributed by atoms with van der Waals surface area (Å²) in [6.45, 7) is 5.71. The molecule has 26 heavy (non-hydrogen) atoms. The van der Waals surface area contributed by atoms with Gasteiger partial charge in [-0.15, -0.1) is 0 Å². The number of hydrogen-bond donors (Lipinski definition) is 1. The van der Waals surface area contributed by atoms with Crippen molar-refractivity contribution >= 4 is 17.3 Å². The number of non-ortho nitro benzene ring substituents is 1. The smallest absolute Gasteiger partial charge is 0.271 e. The van der Waals surface area contributed by atoms with E-state index in [0.717, 1.165) is 5.56 Å². The number of amides is 1. The molecule has 138 valence electrons. The molecule has 2 aromatic carbocycles. The van der Waals surface area contributed by atoms with E-state index in [1.54, 1.807) is 6.92 Å². The summed E-state index contributed by atoms with van der Waals surface area (Å²) >= 11 is 0. The van der Waals surface area contributed by atoms with Gasteiger partial charge in [-0.3, -0.25) is 14.9 Å². The zero-order valence-corrected chi connectivity index (χ0v) is 15.2. The fourth-order valence-corrected chi connectivity index (χ4v) is 2.45. The first-order valence-electron chi connectivity index (χ1n) is 8.22. The Morgan fingerprint density at radius 2 is 1.81 bits per heavy atom. The minimum atomic E-state index is -0.793. The van der Waals surface area contributed by atoms with Crippen LogP contribution in [0.25, 0.3) is 0 Å². The molecule has 0 saturated carbocycles. The molecule has 0 saturated heterocycles. The standard InChI is InChI=1S/C19H22N2O5/c1-12(2)15-7-5-6-8-17(15)26-13(3)19(22)20-16-11-14(21(23)24)9-10-18(16)25-4/h5-13H,1-4H3,(H,20,22)/t13-/m1/s1. The van der Waals surface area contributed by atoms with Crippen molar-refractivity contribution in [1.29, 1.82) is 0 Å². The first-order chi connectivity index (χ1) is 12.3. The third kappa shape index (κ3) is 4.50. The van der Waals surface area contributed by atoms with Crippen LogP contribution < -0.4 is 14.8 Å². The van der Waals surface area contributed by atoms with E-state index < -0.39 is 16.9 Å². The summed E-state index contributed by atoms with van der Waals surface area (Å²) < 4.78 is 11.0. The van der Waals surface area contributed by atoms with Crippen LogP contribution in [0.15, 0.2) is 42.5 Å². The SMILES string of the molecule is COc1ccc([N+](=O)[O-])cc1NC(=O)[C@@H](C)Oc1ccccc1C(C)C. The fourth-order valence-electron chi connectivity index (χ4n) is 2.45. The van der Waals surface area contributed by atoms with Gasteiger partial charge in [0.05, 0.1) is 17.7 Å². The van der Waals surface area contributed by atoms with Crippen LogP contribution in [0.3, 0.4) is 0 Å². The Kier molecular flexibility index (Phi) is 6.16. The number of ether oxygens (including phenoxy) is 2. The molecule has 1 atom stereocenters. The number of carbonyl (C=O) groups is 1. The normalized spacial score (nSPS) is 11.7. The van der Waals surface area contributed by atoms with Gasteiger partial charge in [0.1, 0.15) is 11.5 Å². The molecule has 0 spiro atoms. The quantitative estimate of drug-likeness (QED) is 0.593. The Bertz CT molecular complexity index is 804. The van der Waals surface area contributed by atoms with E-state index in [-0.39, 0.29) is 17.3 Å². The molecule has 0 bridgehead atoms. The molecule has 2 aromatic rings. The molecular formula is C19H22N2O5. The van der Waals surface area contributed by atoms with E-state index >= 15 is 0 Å². The average Bonchev–Trinajstić information content (AvgIpc) is 2.61. The lowest BCUT2D eigenvalue weighted by atomic mass is 10.0. The average molecular weight is 358 g/mol. The number of hydrogen-bond acceptors (Lipinski definition) is 5. The van der Waals surface area contributed by atoms with Crippen LogP contribution in [0, 0.1) is 10.1 Å². The van der Waals surface area contributed by atoms with E-state index in [4.69, 9.17) is 9.47 Å². The molecule has 0 aliphatic heterocycles. The highest BCUT2D eigenvalue weighted by atomic mass is 16.6. The summed E-state index contributed by atoms with van der Waals surface area (Å²) in [6, 6.07) is 11.5. The Labute approximate surface area is 152 Å². The molecule has 0 aromatic heterocycles. The van der Waals surface area contributed by atoms with Crippen LogP contribution in [0.2, 0.25) is 0 Å². The summed E-state index contributed by atoms with van der Waals surface area (Å²) in [5.74, 6) is 0.788. The Hall–Kier alpha value is -3.09. The van der Waals surface area contributed by atoms with Crippen LogP contribution in [0.5, 0.6) is 11.5 Å². The van der Waals surface area contributed by atoms with Crippen LogP contribution >= 0.6 is 0 Å². The third-order valence-corrected chi connectivity index (χ3v) is 3.87. The van der Waals surface area contributed by atoms with Crippen molar-refractivity contribution < 1.29 is 19.2 Å². The number of carbonyl (C=O) groups excluding carboxylic acids is 1. The second-order valence-electron chi connectivity index (χ2n) is 6.08. The summed E-state index contributed by atoms with van der Waals surface area (Å²) in [6.07, 6.45) is -0.793. The first kappa shape index (κ1) is 19.2. The molecule has 1 amide bonds. The van der Waals surface area contributed by atoms with Gasteiger partial charge in [-0.2, -0.15) is 0 Å². The lowest BCUT2D eigenvalue weighted by molar-refractivity contribution is -0.384. The number of nitro groups is 1. The fraction of sp³-hybridized carbons (Fsp3) is 0.316. The monoisotopic (exact) mass is 358 g/mol. The number of benzene rings is 2. The molecule has 0 fully saturated rings. The van der Waals surface area contributed by atoms with Crippen LogP contribution in [-0.4, -0.2) is 24.0 Å². The first-order valence-corrected chi connectivity index (χ1v) is 8.22. The molecule has 7 heteroatoms. The zero-order valence-electron chi connectivity index (χ0n) is 15.2. The maximum absolute atomic E-state index is 12.5. The van der Waals surface area contributed by atoms with E-state index in [0.29, 0.717) is 11.5 Å². The number of anilines is 1. The maximum Gasteiger partial charge on any atom is 0.271 e. The Balaban J connectivity index is 2.17. The highest BCUT2D eigenvalue weighted by molar-refractivity contribution is 5.95. The minimum absolute atomic E-state index is 0.139. The molecule has 0 aliphatic rings. The second kappa shape index (κ2) is 8.33. The van der Waals surface area contributed by atoms with Crippen LogP contribution in [0.4, 0.5) is 11.4 Å². The van der Waals surface area contributed by atoms with Gasteiger partial charge >= 0.3 is 0 Å². The number of rotatable bonds is 7. The summed E-state index contributed by atoms with van der Waals surface area (Å²) in [7, 11) is 1.43. The zero-order chi connectivity index (χ0) is 19.3. The van der Waals surface area contributed by atoms with Gasteiger partial charge in [0.15, 0.2) is 6.10 Å². The molecule has 0 heterocycles. The van der Waals surface area contributed by atoms with Crippen molar-refractivity contribution in [2.75, 3.05) is 12.4 Å². The summed E-state index contributed by atoms with van der Waals surface area (Å²) in [4.78, 5) is 22.9. The number of nitrogens with one attached hydrogen (secondary N) is 1. The van der Waals surface area contributed by atoms with Crippen molar-refractivity contribution in [1.82, 2.24) is 0 Å². The second-order valence-corrected chi connectivity index (χ2v) is 6.08. The van der Waals surface area contributed by atoms with Gasteiger partial charge in [0.25, 0.3) is 11.6 Å². The molecule has 2 rings (SSSR count). The van der Waals surface area contributed by atoms with Crippen molar-refractivity contribution in [3.05, 3.63) is 58.1 Å². The predicted octanol–water partition coefficient (Wildman–Crippen LogP) is 4.13. The third-order valence-electron chi connectivity index (χ3n) is 3.87. The molecule has 0 radical (unpaired) electrons. The number of nitro benzene ring substituents is 1. The van der Waals surface area contributed by atoms with E-state index in [2.05, 4.69) is 5.32 Å². The lowest BCUT2D eigenvalue weighted by Crippen LogP contribution is -2.30. The van der Waals surface area contributed by atoms with E-state index in [1.165, 1.54) is 25.3 Å². The highest BCUT2D eigenvalue weighted by Gasteiger charge is 2.20. The predicted molar refractivity (Wildman–Crippen MR) is 98.9 cm³/mol. The van der Waals surface area contributed by atoms with Crippen molar-refractivity contribution in [2.24, 2.45) is 0 Å². The Morgan fingerprint density at radius 3 is 2.42 bits per heavy atom. The van der Waals surface area contributed by atoms with Gasteiger partial charge in [-0.1, -0.05) is 32.0 Å². The number of methoxy groups -OCH3 is 1. The summed E-state index contributed by atoms with van der Waals surface area (Å²) in [5, 5.41) is 13.6. The van der Waals surface area contributed by atoms with Crippen LogP contribution in [-0.2, 0) is 4.79 Å². The van der Waals surface area contributed by atoms with E-state index in [9.17, 15) is 14.9 Å². The lowest BCUT2D eigenvalue weighted by Gasteiger charge is -2.19. The number of para-hydroxylation sites is 1. The van der Waals surface area contributed by atoms with Gasteiger partial charge in [-0.05, 0) is 30.5 Å². The van der Waals surface area contributed by atoms with E-state index in [1.807, 2.05) is 38.1 Å². The highest BCUT2D eigenvalue weighted by Crippen LogP contribution is 2.30. The van der Waals surface area contributed by atoms with Gasteiger partial charge in [-0.25, -0.2) is 0 Å². The minimum Gasteiger partial charge on any atom is -0.495 e. The van der Waals surface area contributed by atoms with Gasteiger partial charge < -0.3 is 14.8 Å². The summed E-state index contributed by atoms with van der Waals surface area (Å²) in [5.41, 5.74) is 1.08. The van der Waals surface area contributed by atoms with Crippen molar-refractivity contribution in [3.8, 4) is 11.5 Å². The topological polar surface area (TPSA) is 90.7 Å². The Morgan fingerprint density at radius 1 is 1.12 bits per heavy atom. The van der Waals surface area contributed by atoms with Crippen molar-refractivity contribution in [3.63, 3.8) is 0 Å².